The van der Waals surface area contributed by atoms with E-state index in [0.29, 0.717) is 17.3 Å². The Morgan fingerprint density at radius 3 is 2.78 bits per heavy atom. The van der Waals surface area contributed by atoms with Crippen LogP contribution in [0.2, 0.25) is 0 Å². The van der Waals surface area contributed by atoms with E-state index in [0.717, 1.165) is 6.54 Å². The third kappa shape index (κ3) is 3.12. The van der Waals surface area contributed by atoms with Crippen LogP contribution in [0.25, 0.3) is 0 Å². The number of thiophene rings is 1. The van der Waals surface area contributed by atoms with Crippen molar-refractivity contribution in [3.8, 4) is 0 Å². The van der Waals surface area contributed by atoms with Crippen molar-refractivity contribution in [2.75, 3.05) is 12.3 Å². The van der Waals surface area contributed by atoms with Crippen molar-refractivity contribution in [2.45, 2.75) is 44.1 Å². The maximum Gasteiger partial charge on any atom is 0.0594 e. The molecule has 2 rings (SSSR count). The molecule has 4 unspecified atom stereocenters. The first-order valence-corrected chi connectivity index (χ1v) is 9.09. The Kier molecular flexibility index (Phi) is 5.17. The molecule has 1 aromatic heterocycles. The highest BCUT2D eigenvalue weighted by Gasteiger charge is 2.33. The molecule has 0 aromatic carbocycles. The lowest BCUT2D eigenvalue weighted by atomic mass is 10.0. The first-order chi connectivity index (χ1) is 8.50. The summed E-state index contributed by atoms with van der Waals surface area (Å²) >= 11 is 7.43. The molecular weight excluding hydrogens is 328 g/mol. The highest BCUT2D eigenvalue weighted by atomic mass is 79.9. The fraction of sp³-hybridized carbons (Fsp3) is 0.692. The molecule has 0 radical (unpaired) electrons. The van der Waals surface area contributed by atoms with E-state index in [4.69, 9.17) is 5.73 Å². The molecule has 1 aromatic rings. The van der Waals surface area contributed by atoms with Crippen molar-refractivity contribution in [1.29, 1.82) is 0 Å². The van der Waals surface area contributed by atoms with Crippen LogP contribution < -0.4 is 5.73 Å². The van der Waals surface area contributed by atoms with Gasteiger partial charge in [0.2, 0.25) is 0 Å². The van der Waals surface area contributed by atoms with Crippen molar-refractivity contribution in [3.63, 3.8) is 0 Å². The molecule has 0 amide bonds. The molecule has 18 heavy (non-hydrogen) atoms. The van der Waals surface area contributed by atoms with Crippen LogP contribution in [-0.4, -0.2) is 34.5 Å². The predicted octanol–water partition coefficient (Wildman–Crippen LogP) is 3.72. The molecule has 0 bridgehead atoms. The Hall–Kier alpha value is 0.450. The minimum atomic E-state index is 0.160. The average Bonchev–Trinajstić information content (AvgIpc) is 2.71. The molecule has 1 aliphatic rings. The van der Waals surface area contributed by atoms with Gasteiger partial charge in [0.15, 0.2) is 0 Å². The Morgan fingerprint density at radius 2 is 2.22 bits per heavy atom. The average molecular weight is 349 g/mol. The molecule has 2 N–H and O–H groups in total. The molecule has 102 valence electrons. The van der Waals surface area contributed by atoms with Gasteiger partial charge in [-0.15, -0.1) is 11.3 Å². The second kappa shape index (κ2) is 6.27. The summed E-state index contributed by atoms with van der Waals surface area (Å²) in [6.45, 7) is 7.91. The lowest BCUT2D eigenvalue weighted by Gasteiger charge is -2.43. The number of thioether (sulfide) groups is 1. The Bertz CT molecular complexity index is 394. The lowest BCUT2D eigenvalue weighted by Crippen LogP contribution is -2.50. The highest BCUT2D eigenvalue weighted by molar-refractivity contribution is 9.10. The Labute approximate surface area is 126 Å². The van der Waals surface area contributed by atoms with Gasteiger partial charge in [-0.1, -0.05) is 6.92 Å². The van der Waals surface area contributed by atoms with E-state index < -0.39 is 0 Å². The molecule has 5 heteroatoms. The molecule has 0 spiro atoms. The fourth-order valence-electron chi connectivity index (χ4n) is 2.56. The second-order valence-corrected chi connectivity index (χ2v) is 8.37. The van der Waals surface area contributed by atoms with Crippen LogP contribution in [0.5, 0.6) is 0 Å². The predicted molar refractivity (Wildman–Crippen MR) is 86.5 cm³/mol. The maximum atomic E-state index is 6.26. The van der Waals surface area contributed by atoms with Gasteiger partial charge in [0.05, 0.1) is 6.04 Å². The highest BCUT2D eigenvalue weighted by Crippen LogP contribution is 2.36. The SMILES string of the molecule is CC(N)C(c1cc(Br)cs1)N1CCSC(C)C1C. The summed E-state index contributed by atoms with van der Waals surface area (Å²) in [5.74, 6) is 1.21. The summed E-state index contributed by atoms with van der Waals surface area (Å²) in [6, 6.07) is 3.31. The fourth-order valence-corrected chi connectivity index (χ4v) is 5.36. The van der Waals surface area contributed by atoms with E-state index in [9.17, 15) is 0 Å². The number of nitrogens with zero attached hydrogens (tertiary/aromatic N) is 1. The maximum absolute atomic E-state index is 6.26. The van der Waals surface area contributed by atoms with E-state index in [2.05, 4.69) is 64.8 Å². The third-order valence-electron chi connectivity index (χ3n) is 3.67. The topological polar surface area (TPSA) is 29.3 Å². The van der Waals surface area contributed by atoms with Crippen LogP contribution in [-0.2, 0) is 0 Å². The van der Waals surface area contributed by atoms with Gasteiger partial charge < -0.3 is 5.73 Å². The Balaban J connectivity index is 2.24. The molecule has 0 saturated carbocycles. The summed E-state index contributed by atoms with van der Waals surface area (Å²) in [6.07, 6.45) is 0. The number of hydrogen-bond donors (Lipinski definition) is 1. The van der Waals surface area contributed by atoms with Crippen molar-refractivity contribution in [2.24, 2.45) is 5.73 Å². The van der Waals surface area contributed by atoms with E-state index in [1.807, 2.05) is 11.3 Å². The summed E-state index contributed by atoms with van der Waals surface area (Å²) in [7, 11) is 0. The largest absolute Gasteiger partial charge is 0.326 e. The molecule has 2 nitrogen and oxygen atoms in total. The standard InChI is InChI=1S/C13H21BrN2S2/c1-8(15)13(12-6-11(14)7-18-12)16-4-5-17-10(3)9(16)2/h6-10,13H,4-5,15H2,1-3H3. The number of hydrogen-bond acceptors (Lipinski definition) is 4. The zero-order chi connectivity index (χ0) is 13.3. The molecule has 4 atom stereocenters. The van der Waals surface area contributed by atoms with Crippen LogP contribution in [0, 0.1) is 0 Å². The summed E-state index contributed by atoms with van der Waals surface area (Å²) in [5, 5.41) is 2.83. The molecule has 1 saturated heterocycles. The first kappa shape index (κ1) is 14.9. The molecule has 2 heterocycles. The lowest BCUT2D eigenvalue weighted by molar-refractivity contribution is 0.132. The summed E-state index contributed by atoms with van der Waals surface area (Å²) < 4.78 is 1.17. The first-order valence-electron chi connectivity index (χ1n) is 6.37. The Morgan fingerprint density at radius 1 is 1.50 bits per heavy atom. The third-order valence-corrected chi connectivity index (χ3v) is 6.77. The van der Waals surface area contributed by atoms with Gasteiger partial charge in [-0.05, 0) is 35.8 Å². The smallest absolute Gasteiger partial charge is 0.0594 e. The number of nitrogens with two attached hydrogens (primary N) is 1. The number of halogens is 1. The van der Waals surface area contributed by atoms with Crippen LogP contribution in [0.15, 0.2) is 15.9 Å². The monoisotopic (exact) mass is 348 g/mol. The zero-order valence-corrected chi connectivity index (χ0v) is 14.3. The van der Waals surface area contributed by atoms with E-state index >= 15 is 0 Å². The molecule has 1 fully saturated rings. The van der Waals surface area contributed by atoms with Crippen LogP contribution >= 0.6 is 39.0 Å². The molecular formula is C13H21BrN2S2. The molecule has 0 aliphatic carbocycles. The zero-order valence-electron chi connectivity index (χ0n) is 11.1. The van der Waals surface area contributed by atoms with Gasteiger partial charge >= 0.3 is 0 Å². The second-order valence-electron chi connectivity index (χ2n) is 5.03. The van der Waals surface area contributed by atoms with Crippen molar-refractivity contribution >= 4 is 39.0 Å². The van der Waals surface area contributed by atoms with Crippen LogP contribution in [0.1, 0.15) is 31.7 Å². The van der Waals surface area contributed by atoms with Crippen LogP contribution in [0.3, 0.4) is 0 Å². The van der Waals surface area contributed by atoms with E-state index in [-0.39, 0.29) is 6.04 Å². The van der Waals surface area contributed by atoms with E-state index in [1.165, 1.54) is 15.1 Å². The molecule has 1 aliphatic heterocycles. The van der Waals surface area contributed by atoms with E-state index in [1.54, 1.807) is 0 Å². The van der Waals surface area contributed by atoms with Crippen molar-refractivity contribution < 1.29 is 0 Å². The van der Waals surface area contributed by atoms with Crippen molar-refractivity contribution in [3.05, 3.63) is 20.8 Å². The summed E-state index contributed by atoms with van der Waals surface area (Å²) in [5.41, 5.74) is 6.26. The van der Waals surface area contributed by atoms with Crippen molar-refractivity contribution in [1.82, 2.24) is 4.90 Å². The number of rotatable bonds is 3. The van der Waals surface area contributed by atoms with Gasteiger partial charge in [0.25, 0.3) is 0 Å². The minimum Gasteiger partial charge on any atom is -0.326 e. The van der Waals surface area contributed by atoms with Gasteiger partial charge in [0.1, 0.15) is 0 Å². The van der Waals surface area contributed by atoms with Gasteiger partial charge in [-0.3, -0.25) is 4.90 Å². The quantitative estimate of drug-likeness (QED) is 0.902. The minimum absolute atomic E-state index is 0.160. The van der Waals surface area contributed by atoms with Gasteiger partial charge in [-0.2, -0.15) is 11.8 Å². The summed E-state index contributed by atoms with van der Waals surface area (Å²) in [4.78, 5) is 3.97. The van der Waals surface area contributed by atoms with Gasteiger partial charge in [0, 0.05) is 44.4 Å². The van der Waals surface area contributed by atoms with Gasteiger partial charge in [-0.25, -0.2) is 0 Å². The van der Waals surface area contributed by atoms with Crippen LogP contribution in [0.4, 0.5) is 0 Å². The normalized spacial score (nSPS) is 29.2.